The highest BCUT2D eigenvalue weighted by Gasteiger charge is 2.09. The summed E-state index contributed by atoms with van der Waals surface area (Å²) in [6, 6.07) is 10.4. The Balaban J connectivity index is 1.81. The third-order valence-corrected chi connectivity index (χ3v) is 3.58. The summed E-state index contributed by atoms with van der Waals surface area (Å²) in [6.45, 7) is 0.462. The zero-order valence-corrected chi connectivity index (χ0v) is 13.5. The number of nitrogens with zero attached hydrogens (tertiary/aromatic N) is 1. The second-order valence-corrected chi connectivity index (χ2v) is 5.25. The van der Waals surface area contributed by atoms with Crippen molar-refractivity contribution in [3.63, 3.8) is 0 Å². The fourth-order valence-corrected chi connectivity index (χ4v) is 2.30. The number of carboxylic acid groups (broad SMARTS) is 1. The first kappa shape index (κ1) is 17.5. The van der Waals surface area contributed by atoms with Crippen LogP contribution in [-0.4, -0.2) is 35.6 Å². The molecule has 0 spiro atoms. The van der Waals surface area contributed by atoms with Gasteiger partial charge in [0.05, 0.1) is 12.7 Å². The van der Waals surface area contributed by atoms with E-state index in [0.717, 1.165) is 11.3 Å². The third-order valence-electron chi connectivity index (χ3n) is 3.58. The average molecular weight is 328 g/mol. The van der Waals surface area contributed by atoms with Gasteiger partial charge in [-0.2, -0.15) is 0 Å². The standard InChI is InChI=1S/C18H20N2O4/c1-24-16-12-14(18(22)23)6-5-13(16)9-11-20-17(21)8-7-15-4-2-3-10-19-15/h2-6,10,12H,7-9,11H2,1H3,(H,20,21)(H,22,23). The highest BCUT2D eigenvalue weighted by Crippen LogP contribution is 2.20. The van der Waals surface area contributed by atoms with Gasteiger partial charge in [0.25, 0.3) is 0 Å². The smallest absolute Gasteiger partial charge is 0.335 e. The predicted octanol–water partition coefficient (Wildman–Crippen LogP) is 2.08. The SMILES string of the molecule is COc1cc(C(=O)O)ccc1CCNC(=O)CCc1ccccn1. The molecule has 1 heterocycles. The van der Waals surface area contributed by atoms with Crippen molar-refractivity contribution in [2.75, 3.05) is 13.7 Å². The number of carbonyl (C=O) groups excluding carboxylic acids is 1. The number of aryl methyl sites for hydroxylation is 1. The van der Waals surface area contributed by atoms with Crippen LogP contribution >= 0.6 is 0 Å². The van der Waals surface area contributed by atoms with Crippen LogP contribution in [0.3, 0.4) is 0 Å². The first-order valence-electron chi connectivity index (χ1n) is 7.67. The minimum absolute atomic E-state index is 0.0400. The van der Waals surface area contributed by atoms with Crippen molar-refractivity contribution in [1.82, 2.24) is 10.3 Å². The zero-order chi connectivity index (χ0) is 17.4. The number of nitrogens with one attached hydrogen (secondary N) is 1. The number of methoxy groups -OCH3 is 1. The molecule has 2 rings (SSSR count). The molecular weight excluding hydrogens is 308 g/mol. The van der Waals surface area contributed by atoms with Crippen molar-refractivity contribution >= 4 is 11.9 Å². The fourth-order valence-electron chi connectivity index (χ4n) is 2.30. The summed E-state index contributed by atoms with van der Waals surface area (Å²) in [5, 5.41) is 11.8. The van der Waals surface area contributed by atoms with Crippen LogP contribution in [0.1, 0.15) is 28.0 Å². The average Bonchev–Trinajstić information content (AvgIpc) is 2.61. The molecule has 0 aliphatic rings. The Morgan fingerprint density at radius 3 is 2.71 bits per heavy atom. The van der Waals surface area contributed by atoms with Crippen LogP contribution in [-0.2, 0) is 17.6 Å². The lowest BCUT2D eigenvalue weighted by Gasteiger charge is -2.10. The molecule has 1 amide bonds. The van der Waals surface area contributed by atoms with E-state index in [9.17, 15) is 9.59 Å². The van der Waals surface area contributed by atoms with Crippen LogP contribution < -0.4 is 10.1 Å². The lowest BCUT2D eigenvalue weighted by Crippen LogP contribution is -2.26. The molecule has 1 aromatic carbocycles. The molecule has 0 atom stereocenters. The van der Waals surface area contributed by atoms with Crippen LogP contribution in [0.25, 0.3) is 0 Å². The molecular formula is C18H20N2O4. The molecule has 0 bridgehead atoms. The summed E-state index contributed by atoms with van der Waals surface area (Å²) < 4.78 is 5.21. The largest absolute Gasteiger partial charge is 0.496 e. The second kappa shape index (κ2) is 8.67. The summed E-state index contributed by atoms with van der Waals surface area (Å²) in [5.41, 5.74) is 1.92. The summed E-state index contributed by atoms with van der Waals surface area (Å²) in [6.07, 6.45) is 3.26. The van der Waals surface area contributed by atoms with Gasteiger partial charge in [0, 0.05) is 24.9 Å². The summed E-state index contributed by atoms with van der Waals surface area (Å²) in [5.74, 6) is -0.526. The third kappa shape index (κ3) is 5.08. The molecule has 0 saturated heterocycles. The van der Waals surface area contributed by atoms with Crippen molar-refractivity contribution in [3.8, 4) is 5.75 Å². The Morgan fingerprint density at radius 2 is 2.04 bits per heavy atom. The van der Waals surface area contributed by atoms with Gasteiger partial charge in [-0.05, 0) is 42.7 Å². The van der Waals surface area contributed by atoms with Gasteiger partial charge in [-0.15, -0.1) is 0 Å². The number of aromatic carboxylic acids is 1. The van der Waals surface area contributed by atoms with Crippen LogP contribution in [0, 0.1) is 0 Å². The molecule has 0 aliphatic heterocycles. The molecule has 6 nitrogen and oxygen atoms in total. The Labute approximate surface area is 140 Å². The maximum absolute atomic E-state index is 11.9. The van der Waals surface area contributed by atoms with Crippen molar-refractivity contribution < 1.29 is 19.4 Å². The van der Waals surface area contributed by atoms with Gasteiger partial charge < -0.3 is 15.2 Å². The van der Waals surface area contributed by atoms with E-state index in [2.05, 4.69) is 10.3 Å². The van der Waals surface area contributed by atoms with Crippen molar-refractivity contribution in [2.24, 2.45) is 0 Å². The van der Waals surface area contributed by atoms with Gasteiger partial charge in [-0.25, -0.2) is 4.79 Å². The van der Waals surface area contributed by atoms with E-state index in [1.807, 2.05) is 18.2 Å². The molecule has 0 saturated carbocycles. The minimum atomic E-state index is -0.998. The lowest BCUT2D eigenvalue weighted by atomic mass is 10.1. The molecule has 126 valence electrons. The number of hydrogen-bond acceptors (Lipinski definition) is 4. The number of hydrogen-bond donors (Lipinski definition) is 2. The summed E-state index contributed by atoms with van der Waals surface area (Å²) in [4.78, 5) is 27.0. The van der Waals surface area contributed by atoms with Gasteiger partial charge >= 0.3 is 5.97 Å². The van der Waals surface area contributed by atoms with E-state index in [1.54, 1.807) is 12.3 Å². The number of aromatic nitrogens is 1. The summed E-state index contributed by atoms with van der Waals surface area (Å²) >= 11 is 0. The molecule has 0 fully saturated rings. The first-order valence-corrected chi connectivity index (χ1v) is 7.67. The Hall–Kier alpha value is -2.89. The molecule has 2 aromatic rings. The normalized spacial score (nSPS) is 10.2. The number of carbonyl (C=O) groups is 2. The molecule has 1 aromatic heterocycles. The Morgan fingerprint density at radius 1 is 1.21 bits per heavy atom. The number of carboxylic acids is 1. The monoisotopic (exact) mass is 328 g/mol. The molecule has 2 N–H and O–H groups in total. The van der Waals surface area contributed by atoms with Crippen molar-refractivity contribution in [2.45, 2.75) is 19.3 Å². The van der Waals surface area contributed by atoms with Gasteiger partial charge in [-0.3, -0.25) is 9.78 Å². The number of benzene rings is 1. The summed E-state index contributed by atoms with van der Waals surface area (Å²) in [7, 11) is 1.50. The van der Waals surface area contributed by atoms with E-state index in [4.69, 9.17) is 9.84 Å². The van der Waals surface area contributed by atoms with E-state index in [-0.39, 0.29) is 11.5 Å². The van der Waals surface area contributed by atoms with Crippen molar-refractivity contribution in [3.05, 3.63) is 59.4 Å². The predicted molar refractivity (Wildman–Crippen MR) is 89.2 cm³/mol. The van der Waals surface area contributed by atoms with Crippen LogP contribution in [0.15, 0.2) is 42.6 Å². The highest BCUT2D eigenvalue weighted by atomic mass is 16.5. The zero-order valence-electron chi connectivity index (χ0n) is 13.5. The van der Waals surface area contributed by atoms with Gasteiger partial charge in [0.2, 0.25) is 5.91 Å². The second-order valence-electron chi connectivity index (χ2n) is 5.25. The molecule has 0 aliphatic carbocycles. The topological polar surface area (TPSA) is 88.5 Å². The number of pyridine rings is 1. The Bertz CT molecular complexity index is 701. The van der Waals surface area contributed by atoms with Crippen LogP contribution in [0.5, 0.6) is 5.75 Å². The molecule has 6 heteroatoms. The van der Waals surface area contributed by atoms with Gasteiger partial charge in [0.1, 0.15) is 5.75 Å². The van der Waals surface area contributed by atoms with Crippen LogP contribution in [0.4, 0.5) is 0 Å². The Kier molecular flexibility index (Phi) is 6.31. The number of amides is 1. The highest BCUT2D eigenvalue weighted by molar-refractivity contribution is 5.88. The van der Waals surface area contributed by atoms with E-state index in [1.165, 1.54) is 19.2 Å². The lowest BCUT2D eigenvalue weighted by molar-refractivity contribution is -0.121. The van der Waals surface area contributed by atoms with Gasteiger partial charge in [-0.1, -0.05) is 12.1 Å². The first-order chi connectivity index (χ1) is 11.6. The quantitative estimate of drug-likeness (QED) is 0.774. The van der Waals surface area contributed by atoms with Crippen molar-refractivity contribution in [1.29, 1.82) is 0 Å². The fraction of sp³-hybridized carbons (Fsp3) is 0.278. The molecule has 24 heavy (non-hydrogen) atoms. The molecule has 0 radical (unpaired) electrons. The van der Waals surface area contributed by atoms with E-state index in [0.29, 0.717) is 31.6 Å². The maximum atomic E-state index is 11.9. The number of ether oxygens (including phenoxy) is 1. The van der Waals surface area contributed by atoms with E-state index < -0.39 is 5.97 Å². The molecule has 0 unspecified atom stereocenters. The minimum Gasteiger partial charge on any atom is -0.496 e. The van der Waals surface area contributed by atoms with E-state index >= 15 is 0 Å². The van der Waals surface area contributed by atoms with Crippen LogP contribution in [0.2, 0.25) is 0 Å². The van der Waals surface area contributed by atoms with Gasteiger partial charge in [0.15, 0.2) is 0 Å². The number of rotatable bonds is 8. The maximum Gasteiger partial charge on any atom is 0.335 e.